The summed E-state index contributed by atoms with van der Waals surface area (Å²) in [4.78, 5) is 16.2. The smallest absolute Gasteiger partial charge is 0.337 e. The normalized spacial score (nSPS) is 16.5. The molecule has 0 atom stereocenters. The number of nitrogens with zero attached hydrogens (tertiary/aromatic N) is 2. The highest BCUT2D eigenvalue weighted by Gasteiger charge is 2.20. The highest BCUT2D eigenvalue weighted by Crippen LogP contribution is 2.26. The van der Waals surface area contributed by atoms with Gasteiger partial charge in [-0.1, -0.05) is 0 Å². The zero-order valence-electron chi connectivity index (χ0n) is 12.4. The Balaban J connectivity index is 2.09. The minimum absolute atomic E-state index is 0.354. The first-order valence-electron chi connectivity index (χ1n) is 6.99. The minimum atomic E-state index is -0.354. The predicted molar refractivity (Wildman–Crippen MR) is 81.1 cm³/mol. The lowest BCUT2D eigenvalue weighted by atomic mass is 10.1. The van der Waals surface area contributed by atoms with Crippen LogP contribution in [-0.2, 0) is 4.74 Å². The summed E-state index contributed by atoms with van der Waals surface area (Å²) in [5.41, 5.74) is 8.20. The lowest BCUT2D eigenvalue weighted by Crippen LogP contribution is -2.49. The maximum absolute atomic E-state index is 11.5. The van der Waals surface area contributed by atoms with Crippen LogP contribution >= 0.6 is 0 Å². The van der Waals surface area contributed by atoms with Crippen molar-refractivity contribution in [2.45, 2.75) is 19.9 Å². The number of ether oxygens (including phenoxy) is 1. The van der Waals surface area contributed by atoms with E-state index < -0.39 is 0 Å². The van der Waals surface area contributed by atoms with Crippen molar-refractivity contribution in [1.82, 2.24) is 4.90 Å². The van der Waals surface area contributed by atoms with E-state index >= 15 is 0 Å². The molecule has 1 aromatic rings. The van der Waals surface area contributed by atoms with E-state index in [2.05, 4.69) is 23.6 Å². The van der Waals surface area contributed by atoms with Gasteiger partial charge in [0.1, 0.15) is 0 Å². The molecule has 20 heavy (non-hydrogen) atoms. The van der Waals surface area contributed by atoms with Gasteiger partial charge in [-0.05, 0) is 32.0 Å². The third-order valence-corrected chi connectivity index (χ3v) is 3.83. The molecular weight excluding hydrogens is 254 g/mol. The SMILES string of the molecule is COC(=O)c1ccc(N2CCN(C(C)C)CC2)c(N)c1. The lowest BCUT2D eigenvalue weighted by molar-refractivity contribution is 0.0601. The molecule has 0 saturated carbocycles. The van der Waals surface area contributed by atoms with Gasteiger partial charge in [-0.2, -0.15) is 0 Å². The van der Waals surface area contributed by atoms with Gasteiger partial charge in [0, 0.05) is 32.2 Å². The molecule has 1 aromatic carbocycles. The molecule has 1 heterocycles. The molecule has 0 bridgehead atoms. The van der Waals surface area contributed by atoms with E-state index in [4.69, 9.17) is 10.5 Å². The van der Waals surface area contributed by atoms with Gasteiger partial charge in [0.25, 0.3) is 0 Å². The first-order chi connectivity index (χ1) is 9.52. The highest BCUT2D eigenvalue weighted by molar-refractivity contribution is 5.92. The number of carbonyl (C=O) groups excluding carboxylic acids is 1. The second kappa shape index (κ2) is 6.13. The van der Waals surface area contributed by atoms with Crippen molar-refractivity contribution in [3.05, 3.63) is 23.8 Å². The van der Waals surface area contributed by atoms with E-state index in [0.717, 1.165) is 31.9 Å². The fourth-order valence-electron chi connectivity index (χ4n) is 2.57. The van der Waals surface area contributed by atoms with Crippen LogP contribution in [0, 0.1) is 0 Å². The first-order valence-corrected chi connectivity index (χ1v) is 6.99. The summed E-state index contributed by atoms with van der Waals surface area (Å²) in [6, 6.07) is 5.95. The van der Waals surface area contributed by atoms with Gasteiger partial charge in [-0.3, -0.25) is 4.90 Å². The number of esters is 1. The topological polar surface area (TPSA) is 58.8 Å². The summed E-state index contributed by atoms with van der Waals surface area (Å²) in [5.74, 6) is -0.354. The standard InChI is InChI=1S/C15H23N3O2/c1-11(2)17-6-8-18(9-7-17)14-5-4-12(10-13(14)16)15(19)20-3/h4-5,10-11H,6-9,16H2,1-3H3. The molecule has 5 heteroatoms. The van der Waals surface area contributed by atoms with E-state index in [1.807, 2.05) is 6.07 Å². The average molecular weight is 277 g/mol. The molecular formula is C15H23N3O2. The Morgan fingerprint density at radius 3 is 2.40 bits per heavy atom. The molecule has 2 N–H and O–H groups in total. The van der Waals surface area contributed by atoms with Crippen LogP contribution in [0.1, 0.15) is 24.2 Å². The highest BCUT2D eigenvalue weighted by atomic mass is 16.5. The lowest BCUT2D eigenvalue weighted by Gasteiger charge is -2.38. The fraction of sp³-hybridized carbons (Fsp3) is 0.533. The van der Waals surface area contributed by atoms with E-state index in [1.54, 1.807) is 12.1 Å². The molecule has 0 unspecified atom stereocenters. The van der Waals surface area contributed by atoms with Gasteiger partial charge in [0.05, 0.1) is 24.0 Å². The van der Waals surface area contributed by atoms with Crippen molar-refractivity contribution in [1.29, 1.82) is 0 Å². The van der Waals surface area contributed by atoms with Crippen molar-refractivity contribution in [3.8, 4) is 0 Å². The summed E-state index contributed by atoms with van der Waals surface area (Å²) in [6.45, 7) is 8.43. The average Bonchev–Trinajstić information content (AvgIpc) is 2.46. The number of anilines is 2. The number of benzene rings is 1. The summed E-state index contributed by atoms with van der Waals surface area (Å²) >= 11 is 0. The van der Waals surface area contributed by atoms with Crippen LogP contribution in [0.15, 0.2) is 18.2 Å². The van der Waals surface area contributed by atoms with Crippen LogP contribution in [0.3, 0.4) is 0 Å². The molecule has 2 rings (SSSR count). The van der Waals surface area contributed by atoms with Gasteiger partial charge < -0.3 is 15.4 Å². The monoisotopic (exact) mass is 277 g/mol. The van der Waals surface area contributed by atoms with Crippen molar-refractivity contribution < 1.29 is 9.53 Å². The quantitative estimate of drug-likeness (QED) is 0.671. The third kappa shape index (κ3) is 3.04. The first kappa shape index (κ1) is 14.7. The largest absolute Gasteiger partial charge is 0.465 e. The summed E-state index contributed by atoms with van der Waals surface area (Å²) in [7, 11) is 1.37. The van der Waals surface area contributed by atoms with Crippen LogP contribution in [-0.4, -0.2) is 50.2 Å². The molecule has 5 nitrogen and oxygen atoms in total. The molecule has 0 aliphatic carbocycles. The molecule has 0 spiro atoms. The number of carbonyl (C=O) groups is 1. The number of rotatable bonds is 3. The van der Waals surface area contributed by atoms with E-state index in [9.17, 15) is 4.79 Å². The van der Waals surface area contributed by atoms with Crippen molar-refractivity contribution in [3.63, 3.8) is 0 Å². The van der Waals surface area contributed by atoms with Gasteiger partial charge >= 0.3 is 5.97 Å². The fourth-order valence-corrected chi connectivity index (χ4v) is 2.57. The molecule has 0 aromatic heterocycles. The molecule has 1 saturated heterocycles. The van der Waals surface area contributed by atoms with Crippen LogP contribution < -0.4 is 10.6 Å². The molecule has 1 aliphatic rings. The van der Waals surface area contributed by atoms with E-state index in [0.29, 0.717) is 17.3 Å². The maximum Gasteiger partial charge on any atom is 0.337 e. The number of nitrogens with two attached hydrogens (primary N) is 1. The molecule has 1 fully saturated rings. The van der Waals surface area contributed by atoms with E-state index in [-0.39, 0.29) is 5.97 Å². The van der Waals surface area contributed by atoms with Gasteiger partial charge in [-0.25, -0.2) is 4.79 Å². The van der Waals surface area contributed by atoms with Crippen molar-refractivity contribution >= 4 is 17.3 Å². The van der Waals surface area contributed by atoms with Gasteiger partial charge in [0.2, 0.25) is 0 Å². The Bertz CT molecular complexity index is 480. The third-order valence-electron chi connectivity index (χ3n) is 3.83. The van der Waals surface area contributed by atoms with Crippen LogP contribution in [0.25, 0.3) is 0 Å². The molecule has 110 valence electrons. The Morgan fingerprint density at radius 2 is 1.90 bits per heavy atom. The molecule has 1 aliphatic heterocycles. The Hall–Kier alpha value is -1.75. The Labute approximate surface area is 120 Å². The second-order valence-electron chi connectivity index (χ2n) is 5.38. The maximum atomic E-state index is 11.5. The van der Waals surface area contributed by atoms with Crippen molar-refractivity contribution in [2.75, 3.05) is 43.9 Å². The summed E-state index contributed by atoms with van der Waals surface area (Å²) in [5, 5.41) is 0. The van der Waals surface area contributed by atoms with Crippen molar-refractivity contribution in [2.24, 2.45) is 0 Å². The van der Waals surface area contributed by atoms with Crippen LogP contribution in [0.4, 0.5) is 11.4 Å². The Morgan fingerprint density at radius 1 is 1.25 bits per heavy atom. The summed E-state index contributed by atoms with van der Waals surface area (Å²) < 4.78 is 4.70. The zero-order valence-corrected chi connectivity index (χ0v) is 12.4. The summed E-state index contributed by atoms with van der Waals surface area (Å²) in [6.07, 6.45) is 0. The molecule has 0 amide bonds. The predicted octanol–water partition coefficient (Wildman–Crippen LogP) is 1.59. The molecule has 0 radical (unpaired) electrons. The van der Waals surface area contributed by atoms with Crippen LogP contribution in [0.2, 0.25) is 0 Å². The second-order valence-corrected chi connectivity index (χ2v) is 5.38. The van der Waals surface area contributed by atoms with Crippen LogP contribution in [0.5, 0.6) is 0 Å². The Kier molecular flexibility index (Phi) is 4.49. The van der Waals surface area contributed by atoms with E-state index in [1.165, 1.54) is 7.11 Å². The minimum Gasteiger partial charge on any atom is -0.465 e. The number of piperazine rings is 1. The number of hydrogen-bond donors (Lipinski definition) is 1. The van der Waals surface area contributed by atoms with Gasteiger partial charge in [-0.15, -0.1) is 0 Å². The van der Waals surface area contributed by atoms with Gasteiger partial charge in [0.15, 0.2) is 0 Å². The number of methoxy groups -OCH3 is 1. The number of nitrogen functional groups attached to an aromatic ring is 1. The zero-order chi connectivity index (χ0) is 14.7. The number of hydrogen-bond acceptors (Lipinski definition) is 5.